The van der Waals surface area contributed by atoms with E-state index < -0.39 is 17.7 Å². The van der Waals surface area contributed by atoms with Crippen LogP contribution in [0.3, 0.4) is 0 Å². The van der Waals surface area contributed by atoms with Gasteiger partial charge < -0.3 is 31.0 Å². The van der Waals surface area contributed by atoms with E-state index in [1.54, 1.807) is 30.5 Å². The molecule has 0 saturated heterocycles. The Morgan fingerprint density at radius 2 is 2.05 bits per heavy atom. The molecule has 0 aromatic carbocycles. The number of aliphatic imine (C=N–C) groups is 1. The molecular weight excluding hydrogens is 546 g/mol. The lowest BCUT2D eigenvalue weighted by Gasteiger charge is -2.26. The standard InChI is InChI=1S/C25H30BrN5O6/c1-14(29-22(32)11-23(33)30-18-6-3-15(4-7-18)24(27)31-35)16-5-8-21(20(26)10-16)37-19-9-17(12-28-13-19)25(34)36-2/h3,5-7,9-10,13-15,17,21,35H,4,8,11-12H2,1-2H3,(H2,27,31)(H,29,32)(H,30,33). The number of nitrogens with one attached hydrogen (secondary N) is 2. The Morgan fingerprint density at radius 3 is 2.70 bits per heavy atom. The third-order valence-electron chi connectivity index (χ3n) is 5.93. The number of methoxy groups -OCH3 is 1. The molecule has 11 nitrogen and oxygen atoms in total. The third-order valence-corrected chi connectivity index (χ3v) is 6.67. The van der Waals surface area contributed by atoms with Crippen molar-refractivity contribution >= 4 is 45.8 Å². The monoisotopic (exact) mass is 575 g/mol. The van der Waals surface area contributed by atoms with Crippen molar-refractivity contribution in [2.24, 2.45) is 27.7 Å². The molecular formula is C25H30BrN5O6. The molecule has 12 heteroatoms. The number of nitrogens with zero attached hydrogens (tertiary/aromatic N) is 2. The van der Waals surface area contributed by atoms with Crippen molar-refractivity contribution in [1.82, 2.24) is 10.6 Å². The molecule has 4 atom stereocenters. The van der Waals surface area contributed by atoms with E-state index in [2.05, 4.69) is 36.7 Å². The Labute approximate surface area is 223 Å². The third kappa shape index (κ3) is 7.91. The Hall–Kier alpha value is -3.67. The van der Waals surface area contributed by atoms with Gasteiger partial charge in [0.05, 0.1) is 31.8 Å². The lowest BCUT2D eigenvalue weighted by molar-refractivity contribution is -0.143. The van der Waals surface area contributed by atoms with Crippen molar-refractivity contribution in [2.75, 3.05) is 13.7 Å². The van der Waals surface area contributed by atoms with Gasteiger partial charge in [0.15, 0.2) is 0 Å². The zero-order valence-electron chi connectivity index (χ0n) is 20.5. The summed E-state index contributed by atoms with van der Waals surface area (Å²) < 4.78 is 11.5. The highest BCUT2D eigenvalue weighted by Gasteiger charge is 2.25. The highest BCUT2D eigenvalue weighted by Crippen LogP contribution is 2.29. The number of halogens is 1. The van der Waals surface area contributed by atoms with Crippen LogP contribution in [0.25, 0.3) is 0 Å². The summed E-state index contributed by atoms with van der Waals surface area (Å²) in [7, 11) is 1.34. The fraction of sp³-hybridized carbons (Fsp3) is 0.400. The van der Waals surface area contributed by atoms with Crippen LogP contribution < -0.4 is 16.4 Å². The number of esters is 1. The number of hydrogen-bond acceptors (Lipinski definition) is 8. The highest BCUT2D eigenvalue weighted by molar-refractivity contribution is 9.11. The summed E-state index contributed by atoms with van der Waals surface area (Å²) in [5, 5.41) is 17.2. The molecule has 0 aromatic heterocycles. The molecule has 198 valence electrons. The average molecular weight is 576 g/mol. The molecule has 3 rings (SSSR count). The summed E-state index contributed by atoms with van der Waals surface area (Å²) in [4.78, 5) is 40.7. The van der Waals surface area contributed by atoms with E-state index in [4.69, 9.17) is 20.4 Å². The zero-order valence-corrected chi connectivity index (χ0v) is 22.1. The summed E-state index contributed by atoms with van der Waals surface area (Å²) in [6, 6.07) is -0.330. The molecule has 0 spiro atoms. The summed E-state index contributed by atoms with van der Waals surface area (Å²) in [6.45, 7) is 2.15. The number of hydrogen-bond donors (Lipinski definition) is 4. The SMILES string of the molecule is COC(=O)C1C=C(OC2CC=C(C(C)NC(=O)CC(=O)NC3=CCC(/C(N)=N\O)C=C3)C=C2Br)C=NC1. The zero-order chi connectivity index (χ0) is 26.9. The molecule has 4 unspecified atom stereocenters. The van der Waals surface area contributed by atoms with Crippen LogP contribution in [0.4, 0.5) is 0 Å². The van der Waals surface area contributed by atoms with Crippen molar-refractivity contribution < 1.29 is 29.1 Å². The van der Waals surface area contributed by atoms with Crippen LogP contribution in [0, 0.1) is 11.8 Å². The number of oxime groups is 1. The Kier molecular flexibility index (Phi) is 9.84. The van der Waals surface area contributed by atoms with Crippen LogP contribution in [0.5, 0.6) is 0 Å². The summed E-state index contributed by atoms with van der Waals surface area (Å²) in [5.74, 6) is -1.36. The van der Waals surface area contributed by atoms with Gasteiger partial charge in [-0.2, -0.15) is 0 Å². The van der Waals surface area contributed by atoms with Gasteiger partial charge in [0.2, 0.25) is 11.8 Å². The van der Waals surface area contributed by atoms with Crippen molar-refractivity contribution in [3.8, 4) is 0 Å². The second kappa shape index (κ2) is 13.0. The number of carbonyl (C=O) groups excluding carboxylic acids is 3. The maximum Gasteiger partial charge on any atom is 0.314 e. The number of dihydropyridines is 1. The molecule has 2 aliphatic carbocycles. The Bertz CT molecular complexity index is 1140. The normalized spacial score (nSPS) is 24.1. The van der Waals surface area contributed by atoms with Gasteiger partial charge in [-0.25, -0.2) is 0 Å². The van der Waals surface area contributed by atoms with Crippen LogP contribution in [-0.2, 0) is 23.9 Å². The van der Waals surface area contributed by atoms with E-state index in [0.717, 1.165) is 10.1 Å². The quantitative estimate of drug-likeness (QED) is 0.0814. The molecule has 0 aromatic rings. The minimum atomic E-state index is -0.475. The van der Waals surface area contributed by atoms with Crippen LogP contribution in [0.15, 0.2) is 68.1 Å². The van der Waals surface area contributed by atoms with Crippen molar-refractivity contribution in [3.63, 3.8) is 0 Å². The Morgan fingerprint density at radius 1 is 1.27 bits per heavy atom. The largest absolute Gasteiger partial charge is 0.484 e. The highest BCUT2D eigenvalue weighted by atomic mass is 79.9. The number of ether oxygens (including phenoxy) is 2. The summed E-state index contributed by atoms with van der Waals surface area (Å²) >= 11 is 3.54. The molecule has 5 N–H and O–H groups in total. The van der Waals surface area contributed by atoms with E-state index in [1.807, 2.05) is 19.1 Å². The molecule has 0 fully saturated rings. The average Bonchev–Trinajstić information content (AvgIpc) is 2.89. The van der Waals surface area contributed by atoms with Crippen LogP contribution >= 0.6 is 15.9 Å². The summed E-state index contributed by atoms with van der Waals surface area (Å²) in [5.41, 5.74) is 7.00. The maximum absolute atomic E-state index is 12.4. The van der Waals surface area contributed by atoms with Gasteiger partial charge in [0.1, 0.15) is 24.1 Å². The molecule has 0 saturated carbocycles. The van der Waals surface area contributed by atoms with Crippen molar-refractivity contribution in [3.05, 3.63) is 58.0 Å². The number of amides is 2. The second-order valence-corrected chi connectivity index (χ2v) is 9.58. The first kappa shape index (κ1) is 27.9. The van der Waals surface area contributed by atoms with Gasteiger partial charge in [-0.1, -0.05) is 39.3 Å². The summed E-state index contributed by atoms with van der Waals surface area (Å²) in [6.07, 6.45) is 12.6. The fourth-order valence-electron chi connectivity index (χ4n) is 3.88. The first-order valence-corrected chi connectivity index (χ1v) is 12.5. The topological polar surface area (TPSA) is 165 Å². The van der Waals surface area contributed by atoms with Gasteiger partial charge in [0, 0.05) is 22.5 Å². The van der Waals surface area contributed by atoms with E-state index in [9.17, 15) is 14.4 Å². The van der Waals surface area contributed by atoms with Crippen LogP contribution in [-0.4, -0.2) is 60.8 Å². The number of rotatable bonds is 9. The molecule has 0 radical (unpaired) electrons. The van der Waals surface area contributed by atoms with Gasteiger partial charge >= 0.3 is 5.97 Å². The Balaban J connectivity index is 1.47. The number of nitrogens with two attached hydrogens (primary N) is 1. The van der Waals surface area contributed by atoms with Gasteiger partial charge in [0.25, 0.3) is 0 Å². The molecule has 1 aliphatic heterocycles. The van der Waals surface area contributed by atoms with Crippen molar-refractivity contribution in [1.29, 1.82) is 0 Å². The van der Waals surface area contributed by atoms with E-state index in [-0.39, 0.29) is 36.3 Å². The van der Waals surface area contributed by atoms with Gasteiger partial charge in [-0.3, -0.25) is 19.4 Å². The number of carbonyl (C=O) groups is 3. The van der Waals surface area contributed by atoms with Gasteiger partial charge in [-0.05, 0) is 37.1 Å². The van der Waals surface area contributed by atoms with E-state index in [0.29, 0.717) is 30.8 Å². The van der Waals surface area contributed by atoms with Crippen molar-refractivity contribution in [2.45, 2.75) is 38.3 Å². The minimum Gasteiger partial charge on any atom is -0.484 e. The maximum atomic E-state index is 12.4. The molecule has 2 amide bonds. The van der Waals surface area contributed by atoms with E-state index in [1.165, 1.54) is 7.11 Å². The predicted molar refractivity (Wildman–Crippen MR) is 141 cm³/mol. The van der Waals surface area contributed by atoms with Crippen LogP contribution in [0.1, 0.15) is 26.2 Å². The minimum absolute atomic E-state index is 0.0916. The first-order chi connectivity index (χ1) is 17.7. The molecule has 3 aliphatic rings. The van der Waals surface area contributed by atoms with Gasteiger partial charge in [-0.15, -0.1) is 0 Å². The number of amidine groups is 1. The molecule has 0 bridgehead atoms. The second-order valence-electron chi connectivity index (χ2n) is 8.67. The smallest absolute Gasteiger partial charge is 0.314 e. The molecule has 1 heterocycles. The molecule has 37 heavy (non-hydrogen) atoms. The lowest BCUT2D eigenvalue weighted by atomic mass is 9.98. The number of allylic oxidation sites excluding steroid dienone is 3. The predicted octanol–water partition coefficient (Wildman–Crippen LogP) is 1.96. The first-order valence-electron chi connectivity index (χ1n) is 11.7. The lowest BCUT2D eigenvalue weighted by Crippen LogP contribution is -2.38. The van der Waals surface area contributed by atoms with Crippen LogP contribution in [0.2, 0.25) is 0 Å². The fourth-order valence-corrected chi connectivity index (χ4v) is 4.43. The van der Waals surface area contributed by atoms with E-state index >= 15 is 0 Å².